The van der Waals surface area contributed by atoms with Crippen LogP contribution in [0.15, 0.2) is 48.5 Å². The first-order chi connectivity index (χ1) is 11.7. The molecule has 0 radical (unpaired) electrons. The van der Waals surface area contributed by atoms with Gasteiger partial charge in [-0.05, 0) is 36.6 Å². The van der Waals surface area contributed by atoms with Gasteiger partial charge in [0.05, 0.1) is 7.11 Å². The zero-order chi connectivity index (χ0) is 16.9. The highest BCUT2D eigenvalue weighted by atomic mass is 16.5. The van der Waals surface area contributed by atoms with Crippen molar-refractivity contribution in [1.82, 2.24) is 10.6 Å². The third-order valence-corrected chi connectivity index (χ3v) is 4.14. The van der Waals surface area contributed by atoms with Gasteiger partial charge in [-0.15, -0.1) is 0 Å². The topological polar surface area (TPSA) is 67.4 Å². The third kappa shape index (κ3) is 3.40. The molecule has 3 rings (SSSR count). The van der Waals surface area contributed by atoms with Crippen molar-refractivity contribution >= 4 is 11.8 Å². The lowest BCUT2D eigenvalue weighted by Crippen LogP contribution is -2.50. The Balaban J connectivity index is 1.86. The highest BCUT2D eigenvalue weighted by molar-refractivity contribution is 5.99. The van der Waals surface area contributed by atoms with E-state index in [1.54, 1.807) is 25.3 Å². The summed E-state index contributed by atoms with van der Waals surface area (Å²) in [5.74, 6) is 0.330. The molecule has 1 fully saturated rings. The van der Waals surface area contributed by atoms with Gasteiger partial charge in [0.2, 0.25) is 5.91 Å². The van der Waals surface area contributed by atoms with E-state index in [1.807, 2.05) is 30.3 Å². The minimum atomic E-state index is -0.464. The van der Waals surface area contributed by atoms with Crippen LogP contribution in [0.4, 0.5) is 0 Å². The van der Waals surface area contributed by atoms with Crippen LogP contribution in [0.1, 0.15) is 23.2 Å². The third-order valence-electron chi connectivity index (χ3n) is 4.14. The van der Waals surface area contributed by atoms with Crippen LogP contribution in [-0.4, -0.2) is 31.5 Å². The highest BCUT2D eigenvalue weighted by Gasteiger charge is 2.24. The van der Waals surface area contributed by atoms with Crippen molar-refractivity contribution in [3.8, 4) is 16.9 Å². The monoisotopic (exact) mass is 324 g/mol. The van der Waals surface area contributed by atoms with Gasteiger partial charge >= 0.3 is 0 Å². The molecule has 124 valence electrons. The van der Waals surface area contributed by atoms with E-state index in [1.165, 1.54) is 0 Å². The molecule has 0 aromatic heterocycles. The molecule has 1 heterocycles. The molecule has 2 N–H and O–H groups in total. The predicted molar refractivity (Wildman–Crippen MR) is 91.9 cm³/mol. The van der Waals surface area contributed by atoms with E-state index in [4.69, 9.17) is 4.74 Å². The van der Waals surface area contributed by atoms with Crippen molar-refractivity contribution in [3.63, 3.8) is 0 Å². The minimum Gasteiger partial charge on any atom is -0.496 e. The number of rotatable bonds is 4. The lowest BCUT2D eigenvalue weighted by Gasteiger charge is -2.23. The van der Waals surface area contributed by atoms with Gasteiger partial charge in [-0.3, -0.25) is 9.59 Å². The molecule has 24 heavy (non-hydrogen) atoms. The fraction of sp³-hybridized carbons (Fsp3) is 0.263. The molecule has 1 aliphatic rings. The predicted octanol–water partition coefficient (Wildman–Crippen LogP) is 2.37. The van der Waals surface area contributed by atoms with E-state index in [2.05, 4.69) is 10.6 Å². The average Bonchev–Trinajstić information content (AvgIpc) is 2.63. The van der Waals surface area contributed by atoms with Crippen LogP contribution in [-0.2, 0) is 4.79 Å². The Morgan fingerprint density at radius 3 is 2.71 bits per heavy atom. The van der Waals surface area contributed by atoms with Crippen molar-refractivity contribution in [2.24, 2.45) is 0 Å². The second-order valence-electron chi connectivity index (χ2n) is 5.74. The molecule has 5 heteroatoms. The normalized spacial score (nSPS) is 17.0. The molecular weight excluding hydrogens is 304 g/mol. The first-order valence-corrected chi connectivity index (χ1v) is 8.01. The van der Waals surface area contributed by atoms with Crippen LogP contribution in [0.5, 0.6) is 5.75 Å². The van der Waals surface area contributed by atoms with Crippen molar-refractivity contribution in [3.05, 3.63) is 54.1 Å². The van der Waals surface area contributed by atoms with Crippen LogP contribution in [0, 0.1) is 0 Å². The number of piperidine rings is 1. The molecule has 1 unspecified atom stereocenters. The standard InChI is InChI=1S/C19H20N2O3/c1-24-17-10-9-14(12-15(17)13-6-3-2-4-7-13)18(22)21-16-8-5-11-20-19(16)23/h2-4,6-7,9-10,12,16H,5,8,11H2,1H3,(H,20,23)(H,21,22). The molecule has 1 aliphatic heterocycles. The maximum atomic E-state index is 12.5. The van der Waals surface area contributed by atoms with Crippen LogP contribution >= 0.6 is 0 Å². The fourth-order valence-corrected chi connectivity index (χ4v) is 2.84. The Bertz CT molecular complexity index is 744. The molecular formula is C19H20N2O3. The summed E-state index contributed by atoms with van der Waals surface area (Å²) >= 11 is 0. The van der Waals surface area contributed by atoms with Gasteiger partial charge in [-0.1, -0.05) is 30.3 Å². The Morgan fingerprint density at radius 1 is 1.21 bits per heavy atom. The number of hydrogen-bond acceptors (Lipinski definition) is 3. The number of amides is 2. The molecule has 1 saturated heterocycles. The molecule has 5 nitrogen and oxygen atoms in total. The second kappa shape index (κ2) is 7.17. The van der Waals surface area contributed by atoms with Gasteiger partial charge in [-0.2, -0.15) is 0 Å². The van der Waals surface area contributed by atoms with Crippen LogP contribution in [0.2, 0.25) is 0 Å². The minimum absolute atomic E-state index is 0.119. The maximum Gasteiger partial charge on any atom is 0.251 e. The van der Waals surface area contributed by atoms with Gasteiger partial charge in [0.15, 0.2) is 0 Å². The van der Waals surface area contributed by atoms with E-state index in [0.717, 1.165) is 17.5 Å². The second-order valence-corrected chi connectivity index (χ2v) is 5.74. The molecule has 1 atom stereocenters. The molecule has 0 spiro atoms. The molecule has 2 aromatic carbocycles. The number of ether oxygens (including phenoxy) is 1. The Kier molecular flexibility index (Phi) is 4.79. The number of benzene rings is 2. The summed E-state index contributed by atoms with van der Waals surface area (Å²) in [6.07, 6.45) is 1.54. The fourth-order valence-electron chi connectivity index (χ4n) is 2.84. The van der Waals surface area contributed by atoms with Gasteiger partial charge in [0, 0.05) is 17.7 Å². The van der Waals surface area contributed by atoms with Crippen LogP contribution < -0.4 is 15.4 Å². The first kappa shape index (κ1) is 16.1. The molecule has 0 bridgehead atoms. The number of methoxy groups -OCH3 is 1. The zero-order valence-corrected chi connectivity index (χ0v) is 13.5. The first-order valence-electron chi connectivity index (χ1n) is 8.01. The van der Waals surface area contributed by atoms with Crippen molar-refractivity contribution < 1.29 is 14.3 Å². The Morgan fingerprint density at radius 2 is 2.00 bits per heavy atom. The number of nitrogens with one attached hydrogen (secondary N) is 2. The zero-order valence-electron chi connectivity index (χ0n) is 13.5. The van der Waals surface area contributed by atoms with Crippen LogP contribution in [0.25, 0.3) is 11.1 Å². The van der Waals surface area contributed by atoms with Crippen molar-refractivity contribution in [1.29, 1.82) is 0 Å². The lowest BCUT2D eigenvalue weighted by molar-refractivity contribution is -0.124. The largest absolute Gasteiger partial charge is 0.496 e. The molecule has 0 saturated carbocycles. The molecule has 2 aromatic rings. The van der Waals surface area contributed by atoms with E-state index in [9.17, 15) is 9.59 Å². The summed E-state index contributed by atoms with van der Waals surface area (Å²) in [5, 5.41) is 5.58. The summed E-state index contributed by atoms with van der Waals surface area (Å²) < 4.78 is 5.41. The maximum absolute atomic E-state index is 12.5. The van der Waals surface area contributed by atoms with Gasteiger partial charge < -0.3 is 15.4 Å². The number of carbonyl (C=O) groups excluding carboxylic acids is 2. The van der Waals surface area contributed by atoms with Crippen molar-refractivity contribution in [2.45, 2.75) is 18.9 Å². The number of hydrogen-bond donors (Lipinski definition) is 2. The smallest absolute Gasteiger partial charge is 0.251 e. The van der Waals surface area contributed by atoms with E-state index in [0.29, 0.717) is 24.3 Å². The van der Waals surface area contributed by atoms with Gasteiger partial charge in [-0.25, -0.2) is 0 Å². The average molecular weight is 324 g/mol. The number of carbonyl (C=O) groups is 2. The summed E-state index contributed by atoms with van der Waals surface area (Å²) in [6, 6.07) is 14.6. The van der Waals surface area contributed by atoms with Crippen LogP contribution in [0.3, 0.4) is 0 Å². The summed E-state index contributed by atoms with van der Waals surface area (Å²) in [7, 11) is 1.61. The van der Waals surface area contributed by atoms with E-state index >= 15 is 0 Å². The summed E-state index contributed by atoms with van der Waals surface area (Å²) in [4.78, 5) is 24.3. The van der Waals surface area contributed by atoms with Gasteiger partial charge in [0.25, 0.3) is 5.91 Å². The molecule has 2 amide bonds. The Hall–Kier alpha value is -2.82. The van der Waals surface area contributed by atoms with Gasteiger partial charge in [0.1, 0.15) is 11.8 Å². The van der Waals surface area contributed by atoms with E-state index in [-0.39, 0.29) is 11.8 Å². The van der Waals surface area contributed by atoms with E-state index < -0.39 is 6.04 Å². The summed E-state index contributed by atoms with van der Waals surface area (Å²) in [5.41, 5.74) is 2.33. The quantitative estimate of drug-likeness (QED) is 0.907. The SMILES string of the molecule is COc1ccc(C(=O)NC2CCCNC2=O)cc1-c1ccccc1. The Labute approximate surface area is 141 Å². The lowest BCUT2D eigenvalue weighted by atomic mass is 10.0. The molecule has 0 aliphatic carbocycles. The van der Waals surface area contributed by atoms with Crippen molar-refractivity contribution in [2.75, 3.05) is 13.7 Å². The highest BCUT2D eigenvalue weighted by Crippen LogP contribution is 2.30. The summed E-state index contributed by atoms with van der Waals surface area (Å²) in [6.45, 7) is 0.673.